The first-order chi connectivity index (χ1) is 5.20. The number of aliphatic carboxylic acids is 1. The molecule has 4 atom stereocenters. The summed E-state index contributed by atoms with van der Waals surface area (Å²) in [5.74, 6) is 1.08. The standard InChI is InChI=1S/C9H14O2/c1-5-6-2-3-7(4-6)8(5)9(10)11/h5-8H,2-4H2,1H3,(H,10,11)/t5-,6?,7?,8?/m1/s1. The predicted molar refractivity (Wildman–Crippen MR) is 41.1 cm³/mol. The Hall–Kier alpha value is -0.530. The summed E-state index contributed by atoms with van der Waals surface area (Å²) < 4.78 is 0. The Kier molecular flexibility index (Phi) is 1.44. The number of fused-ring (bicyclic) bond motifs is 2. The van der Waals surface area contributed by atoms with Gasteiger partial charge in [-0.3, -0.25) is 4.79 Å². The highest BCUT2D eigenvalue weighted by atomic mass is 16.4. The van der Waals surface area contributed by atoms with E-state index in [1.807, 2.05) is 0 Å². The van der Waals surface area contributed by atoms with Crippen LogP contribution in [-0.4, -0.2) is 11.1 Å². The van der Waals surface area contributed by atoms with Crippen molar-refractivity contribution >= 4 is 5.97 Å². The van der Waals surface area contributed by atoms with Gasteiger partial charge in [-0.05, 0) is 37.0 Å². The van der Waals surface area contributed by atoms with Crippen LogP contribution in [0.2, 0.25) is 0 Å². The second kappa shape index (κ2) is 2.23. The van der Waals surface area contributed by atoms with Gasteiger partial charge in [0, 0.05) is 0 Å². The van der Waals surface area contributed by atoms with Gasteiger partial charge < -0.3 is 5.11 Å². The van der Waals surface area contributed by atoms with E-state index < -0.39 is 5.97 Å². The van der Waals surface area contributed by atoms with Crippen LogP contribution in [-0.2, 0) is 4.79 Å². The lowest BCUT2D eigenvalue weighted by Gasteiger charge is -2.24. The van der Waals surface area contributed by atoms with Crippen LogP contribution in [0, 0.1) is 23.7 Å². The van der Waals surface area contributed by atoms with Gasteiger partial charge in [-0.25, -0.2) is 0 Å². The van der Waals surface area contributed by atoms with E-state index in [0.717, 1.165) is 12.3 Å². The Bertz CT molecular complexity index is 186. The van der Waals surface area contributed by atoms with Crippen molar-refractivity contribution in [2.45, 2.75) is 26.2 Å². The van der Waals surface area contributed by atoms with Crippen LogP contribution in [0.3, 0.4) is 0 Å². The number of carboxylic acid groups (broad SMARTS) is 1. The van der Waals surface area contributed by atoms with Crippen LogP contribution >= 0.6 is 0 Å². The summed E-state index contributed by atoms with van der Waals surface area (Å²) in [6.07, 6.45) is 3.61. The van der Waals surface area contributed by atoms with E-state index >= 15 is 0 Å². The van der Waals surface area contributed by atoms with Crippen molar-refractivity contribution in [2.75, 3.05) is 0 Å². The van der Waals surface area contributed by atoms with Gasteiger partial charge in [0.25, 0.3) is 0 Å². The van der Waals surface area contributed by atoms with E-state index in [-0.39, 0.29) is 5.92 Å². The van der Waals surface area contributed by atoms with Crippen LogP contribution in [0.5, 0.6) is 0 Å². The van der Waals surface area contributed by atoms with Gasteiger partial charge >= 0.3 is 5.97 Å². The SMILES string of the molecule is C[C@@H]1C2CCC(C2)C1C(=O)O. The predicted octanol–water partition coefficient (Wildman–Crippen LogP) is 1.75. The molecule has 0 heterocycles. The van der Waals surface area contributed by atoms with Crippen molar-refractivity contribution in [1.82, 2.24) is 0 Å². The highest BCUT2D eigenvalue weighted by Gasteiger charge is 2.48. The third-order valence-corrected chi connectivity index (χ3v) is 3.62. The maximum atomic E-state index is 10.8. The summed E-state index contributed by atoms with van der Waals surface area (Å²) in [6, 6.07) is 0. The summed E-state index contributed by atoms with van der Waals surface area (Å²) in [7, 11) is 0. The van der Waals surface area contributed by atoms with E-state index in [1.54, 1.807) is 0 Å². The van der Waals surface area contributed by atoms with Crippen LogP contribution < -0.4 is 0 Å². The lowest BCUT2D eigenvalue weighted by Crippen LogP contribution is -2.27. The van der Waals surface area contributed by atoms with Gasteiger partial charge in [-0.15, -0.1) is 0 Å². The van der Waals surface area contributed by atoms with E-state index in [9.17, 15) is 4.79 Å². The quantitative estimate of drug-likeness (QED) is 0.624. The number of hydrogen-bond acceptors (Lipinski definition) is 1. The topological polar surface area (TPSA) is 37.3 Å². The number of carbonyl (C=O) groups is 1. The minimum Gasteiger partial charge on any atom is -0.481 e. The second-order valence-electron chi connectivity index (χ2n) is 4.06. The van der Waals surface area contributed by atoms with Crippen molar-refractivity contribution in [2.24, 2.45) is 23.7 Å². The number of hydrogen-bond donors (Lipinski definition) is 1. The molecule has 62 valence electrons. The Labute approximate surface area is 66.6 Å². The first-order valence-electron chi connectivity index (χ1n) is 4.43. The smallest absolute Gasteiger partial charge is 0.307 e. The molecule has 2 nitrogen and oxygen atoms in total. The zero-order chi connectivity index (χ0) is 8.01. The molecule has 1 N–H and O–H groups in total. The monoisotopic (exact) mass is 154 g/mol. The lowest BCUT2D eigenvalue weighted by molar-refractivity contribution is -0.145. The Morgan fingerprint density at radius 3 is 2.36 bits per heavy atom. The average Bonchev–Trinajstić information content (AvgIpc) is 2.44. The molecular formula is C9H14O2. The van der Waals surface area contributed by atoms with Crippen molar-refractivity contribution < 1.29 is 9.90 Å². The molecule has 2 aliphatic rings. The maximum absolute atomic E-state index is 10.8. The lowest BCUT2D eigenvalue weighted by atomic mass is 9.81. The summed E-state index contributed by atoms with van der Waals surface area (Å²) in [5.41, 5.74) is 0. The zero-order valence-corrected chi connectivity index (χ0v) is 6.79. The molecule has 2 fully saturated rings. The molecule has 0 radical (unpaired) electrons. The zero-order valence-electron chi connectivity index (χ0n) is 6.79. The molecule has 0 spiro atoms. The van der Waals surface area contributed by atoms with Crippen molar-refractivity contribution in [3.05, 3.63) is 0 Å². The Balaban J connectivity index is 2.17. The summed E-state index contributed by atoms with van der Waals surface area (Å²) in [5, 5.41) is 8.91. The van der Waals surface area contributed by atoms with Gasteiger partial charge in [0.2, 0.25) is 0 Å². The minimum absolute atomic E-state index is 0.0197. The van der Waals surface area contributed by atoms with Crippen molar-refractivity contribution in [3.8, 4) is 0 Å². The average molecular weight is 154 g/mol. The number of rotatable bonds is 1. The van der Waals surface area contributed by atoms with Gasteiger partial charge in [0.1, 0.15) is 0 Å². The highest BCUT2D eigenvalue weighted by molar-refractivity contribution is 5.71. The van der Waals surface area contributed by atoms with Crippen molar-refractivity contribution in [1.29, 1.82) is 0 Å². The molecule has 0 aromatic heterocycles. The molecule has 2 rings (SSSR count). The largest absolute Gasteiger partial charge is 0.481 e. The summed E-state index contributed by atoms with van der Waals surface area (Å²) in [4.78, 5) is 10.8. The fourth-order valence-corrected chi connectivity index (χ4v) is 3.01. The third kappa shape index (κ3) is 0.883. The molecular weight excluding hydrogens is 140 g/mol. The fourth-order valence-electron chi connectivity index (χ4n) is 3.01. The van der Waals surface area contributed by atoms with E-state index in [1.165, 1.54) is 12.8 Å². The first kappa shape index (κ1) is 7.14. The molecule has 2 bridgehead atoms. The number of carboxylic acids is 1. The molecule has 11 heavy (non-hydrogen) atoms. The molecule has 0 aromatic carbocycles. The van der Waals surface area contributed by atoms with Crippen molar-refractivity contribution in [3.63, 3.8) is 0 Å². The van der Waals surface area contributed by atoms with E-state index in [4.69, 9.17) is 5.11 Å². The van der Waals surface area contributed by atoms with Crippen LogP contribution in [0.1, 0.15) is 26.2 Å². The van der Waals surface area contributed by atoms with Crippen LogP contribution in [0.15, 0.2) is 0 Å². The molecule has 3 unspecified atom stereocenters. The Morgan fingerprint density at radius 1 is 1.36 bits per heavy atom. The highest BCUT2D eigenvalue weighted by Crippen LogP contribution is 2.51. The van der Waals surface area contributed by atoms with E-state index in [2.05, 4.69) is 6.92 Å². The molecule has 0 amide bonds. The van der Waals surface area contributed by atoms with Crippen LogP contribution in [0.25, 0.3) is 0 Å². The normalized spacial score (nSPS) is 48.1. The molecule has 0 aromatic rings. The van der Waals surface area contributed by atoms with Gasteiger partial charge in [-0.1, -0.05) is 6.92 Å². The maximum Gasteiger partial charge on any atom is 0.307 e. The molecule has 0 aliphatic heterocycles. The summed E-state index contributed by atoms with van der Waals surface area (Å²) >= 11 is 0. The summed E-state index contributed by atoms with van der Waals surface area (Å²) in [6.45, 7) is 2.10. The Morgan fingerprint density at radius 2 is 2.00 bits per heavy atom. The molecule has 2 heteroatoms. The first-order valence-corrected chi connectivity index (χ1v) is 4.43. The van der Waals surface area contributed by atoms with Crippen LogP contribution in [0.4, 0.5) is 0 Å². The second-order valence-corrected chi connectivity index (χ2v) is 4.06. The van der Waals surface area contributed by atoms with Gasteiger partial charge in [0.05, 0.1) is 5.92 Å². The molecule has 2 aliphatic carbocycles. The van der Waals surface area contributed by atoms with Gasteiger partial charge in [-0.2, -0.15) is 0 Å². The van der Waals surface area contributed by atoms with Gasteiger partial charge in [0.15, 0.2) is 0 Å². The van der Waals surface area contributed by atoms with E-state index in [0.29, 0.717) is 11.8 Å². The third-order valence-electron chi connectivity index (χ3n) is 3.62. The minimum atomic E-state index is -0.565. The molecule has 2 saturated carbocycles. The molecule has 0 saturated heterocycles. The fraction of sp³-hybridized carbons (Fsp3) is 0.889.